The number of benzene rings is 2. The average Bonchev–Trinajstić information content (AvgIpc) is 3.58. The van der Waals surface area contributed by atoms with Gasteiger partial charge < -0.3 is 28.4 Å². The third-order valence-corrected chi connectivity index (χ3v) is 9.67. The number of aromatic nitrogens is 3. The predicted octanol–water partition coefficient (Wildman–Crippen LogP) is 5.90. The fourth-order valence-corrected chi connectivity index (χ4v) is 7.06. The van der Waals surface area contributed by atoms with Crippen molar-refractivity contribution in [3.63, 3.8) is 0 Å². The number of ether oxygens (including phenoxy) is 3. The summed E-state index contributed by atoms with van der Waals surface area (Å²) in [5.74, 6) is 0.749. The lowest BCUT2D eigenvalue weighted by molar-refractivity contribution is 0.0469. The van der Waals surface area contributed by atoms with Crippen LogP contribution in [0.5, 0.6) is 0 Å². The van der Waals surface area contributed by atoms with E-state index in [1.54, 1.807) is 63.5 Å². The van der Waals surface area contributed by atoms with Crippen LogP contribution < -0.4 is 4.31 Å². The summed E-state index contributed by atoms with van der Waals surface area (Å²) in [6.45, 7) is 13.1. The maximum absolute atomic E-state index is 14.3. The van der Waals surface area contributed by atoms with Crippen LogP contribution in [-0.2, 0) is 49.4 Å². The molecule has 260 valence electrons. The summed E-state index contributed by atoms with van der Waals surface area (Å²) in [5.41, 5.74) is 2.39. The second-order valence-electron chi connectivity index (χ2n) is 11.9. The number of sulfonamides is 1. The molecule has 0 radical (unpaired) electrons. The molecular formula is C35H46N4O8S. The Balaban J connectivity index is 1.86. The SMILES string of the molecule is CCCc1nc(C(C)(C)O)c(C(=O)OCC)n1Cc1ccc(-c2ccccc2S(=O)(=O)N(COC)c2noc(C)c2C)c(COCC)c1. The molecule has 0 fully saturated rings. The molecule has 0 saturated carbocycles. The molecule has 12 nitrogen and oxygen atoms in total. The van der Waals surface area contributed by atoms with Crippen LogP contribution in [-0.4, -0.2) is 61.3 Å². The molecule has 4 aromatic rings. The van der Waals surface area contributed by atoms with Gasteiger partial charge in [0.05, 0.1) is 18.1 Å². The van der Waals surface area contributed by atoms with Gasteiger partial charge in [-0.2, -0.15) is 0 Å². The first-order valence-electron chi connectivity index (χ1n) is 16.0. The van der Waals surface area contributed by atoms with Gasteiger partial charge in [0.25, 0.3) is 10.0 Å². The topological polar surface area (TPSA) is 146 Å². The van der Waals surface area contributed by atoms with Crippen LogP contribution in [0.25, 0.3) is 11.1 Å². The zero-order valence-corrected chi connectivity index (χ0v) is 29.8. The molecule has 13 heteroatoms. The summed E-state index contributed by atoms with van der Waals surface area (Å²) in [5, 5.41) is 15.0. The summed E-state index contributed by atoms with van der Waals surface area (Å²) in [4.78, 5) is 18.0. The standard InChI is InChI=1S/C35H46N4O8S/c1-9-14-30-36-32(35(6,7)41)31(34(40)46-11-3)38(30)20-25-17-18-27(26(19-25)21-45-10-2)28-15-12-13-16-29(28)48(42,43)39(22-44-8)33-23(4)24(5)47-37-33/h12-13,15-19,41H,9-11,14,20-22H2,1-8H3. The van der Waals surface area contributed by atoms with E-state index in [9.17, 15) is 18.3 Å². The highest BCUT2D eigenvalue weighted by Crippen LogP contribution is 2.36. The Morgan fingerprint density at radius 1 is 1.06 bits per heavy atom. The zero-order valence-electron chi connectivity index (χ0n) is 29.0. The highest BCUT2D eigenvalue weighted by Gasteiger charge is 2.34. The number of hydrogen-bond donors (Lipinski definition) is 1. The number of aliphatic hydroxyl groups is 1. The number of anilines is 1. The summed E-state index contributed by atoms with van der Waals surface area (Å²) < 4.78 is 53.4. The Kier molecular flexibility index (Phi) is 11.8. The molecule has 48 heavy (non-hydrogen) atoms. The van der Waals surface area contributed by atoms with Crippen LogP contribution in [0, 0.1) is 13.8 Å². The van der Waals surface area contributed by atoms with Gasteiger partial charge in [-0.25, -0.2) is 22.5 Å². The van der Waals surface area contributed by atoms with Gasteiger partial charge >= 0.3 is 5.97 Å². The van der Waals surface area contributed by atoms with Crippen molar-refractivity contribution in [2.75, 3.05) is 31.4 Å². The molecule has 0 aliphatic rings. The van der Waals surface area contributed by atoms with Gasteiger partial charge in [0.15, 0.2) is 11.5 Å². The van der Waals surface area contributed by atoms with Crippen molar-refractivity contribution in [2.24, 2.45) is 0 Å². The van der Waals surface area contributed by atoms with Crippen molar-refractivity contribution in [2.45, 2.75) is 85.0 Å². The van der Waals surface area contributed by atoms with Gasteiger partial charge in [-0.1, -0.05) is 48.5 Å². The Labute approximate surface area is 282 Å². The zero-order chi connectivity index (χ0) is 35.2. The van der Waals surface area contributed by atoms with Gasteiger partial charge in [0.1, 0.15) is 29.6 Å². The lowest BCUT2D eigenvalue weighted by Crippen LogP contribution is -2.34. The molecule has 4 rings (SSSR count). The van der Waals surface area contributed by atoms with E-state index in [1.165, 1.54) is 7.11 Å². The van der Waals surface area contributed by atoms with E-state index in [-0.39, 0.29) is 48.6 Å². The quantitative estimate of drug-likeness (QED) is 0.112. The van der Waals surface area contributed by atoms with Crippen LogP contribution in [0.1, 0.15) is 85.5 Å². The van der Waals surface area contributed by atoms with Crippen LogP contribution in [0.3, 0.4) is 0 Å². The van der Waals surface area contributed by atoms with Gasteiger partial charge in [0, 0.05) is 37.8 Å². The summed E-state index contributed by atoms with van der Waals surface area (Å²) in [6.07, 6.45) is 1.36. The maximum atomic E-state index is 14.3. The van der Waals surface area contributed by atoms with E-state index in [2.05, 4.69) is 5.16 Å². The minimum Gasteiger partial charge on any atom is -0.461 e. The number of methoxy groups -OCH3 is 1. The molecule has 0 aliphatic carbocycles. The largest absolute Gasteiger partial charge is 0.461 e. The van der Waals surface area contributed by atoms with Crippen LogP contribution >= 0.6 is 0 Å². The fraction of sp³-hybridized carbons (Fsp3) is 0.457. The van der Waals surface area contributed by atoms with E-state index in [1.807, 2.05) is 32.0 Å². The van der Waals surface area contributed by atoms with E-state index < -0.39 is 21.6 Å². The molecule has 0 bridgehead atoms. The van der Waals surface area contributed by atoms with Crippen molar-refractivity contribution in [3.8, 4) is 11.1 Å². The number of hydrogen-bond acceptors (Lipinski definition) is 10. The monoisotopic (exact) mass is 682 g/mol. The Bertz CT molecular complexity index is 1840. The van der Waals surface area contributed by atoms with Crippen LogP contribution in [0.2, 0.25) is 0 Å². The minimum atomic E-state index is -4.19. The predicted molar refractivity (Wildman–Crippen MR) is 181 cm³/mol. The van der Waals surface area contributed by atoms with Gasteiger partial charge in [-0.15, -0.1) is 0 Å². The lowest BCUT2D eigenvalue weighted by atomic mass is 9.97. The Morgan fingerprint density at radius 3 is 2.40 bits per heavy atom. The smallest absolute Gasteiger partial charge is 0.357 e. The second-order valence-corrected chi connectivity index (χ2v) is 13.8. The average molecular weight is 683 g/mol. The molecule has 0 amide bonds. The molecule has 2 heterocycles. The third-order valence-electron chi connectivity index (χ3n) is 7.90. The number of esters is 1. The first kappa shape index (κ1) is 36.8. The lowest BCUT2D eigenvalue weighted by Gasteiger charge is -2.23. The van der Waals surface area contributed by atoms with Crippen molar-refractivity contribution in [3.05, 3.63) is 82.1 Å². The first-order chi connectivity index (χ1) is 22.8. The van der Waals surface area contributed by atoms with Crippen molar-refractivity contribution < 1.29 is 37.1 Å². The molecule has 0 unspecified atom stereocenters. The first-order valence-corrected chi connectivity index (χ1v) is 17.5. The maximum Gasteiger partial charge on any atom is 0.357 e. The molecule has 0 aliphatic heterocycles. The number of nitrogens with zero attached hydrogens (tertiary/aromatic N) is 4. The number of imidazole rings is 1. The Hall–Kier alpha value is -4.04. The van der Waals surface area contributed by atoms with Crippen LogP contribution in [0.15, 0.2) is 51.9 Å². The van der Waals surface area contributed by atoms with E-state index >= 15 is 0 Å². The summed E-state index contributed by atoms with van der Waals surface area (Å²) in [6, 6.07) is 12.5. The van der Waals surface area contributed by atoms with Gasteiger partial charge in [-0.3, -0.25) is 0 Å². The van der Waals surface area contributed by atoms with E-state index in [4.69, 9.17) is 23.7 Å². The van der Waals surface area contributed by atoms with Crippen molar-refractivity contribution >= 4 is 21.8 Å². The van der Waals surface area contributed by atoms with Gasteiger partial charge in [0.2, 0.25) is 0 Å². The molecule has 0 spiro atoms. The third kappa shape index (κ3) is 7.64. The molecule has 0 saturated heterocycles. The number of carbonyl (C=O) groups is 1. The highest BCUT2D eigenvalue weighted by molar-refractivity contribution is 7.93. The number of rotatable bonds is 16. The second kappa shape index (κ2) is 15.5. The van der Waals surface area contributed by atoms with Crippen molar-refractivity contribution in [1.82, 2.24) is 14.7 Å². The number of carbonyl (C=O) groups excluding carboxylic acids is 1. The summed E-state index contributed by atoms with van der Waals surface area (Å²) in [7, 11) is -2.77. The number of aryl methyl sites for hydroxylation is 2. The normalized spacial score (nSPS) is 12.0. The molecular weight excluding hydrogens is 636 g/mol. The molecule has 1 N–H and O–H groups in total. The van der Waals surface area contributed by atoms with E-state index in [0.717, 1.165) is 21.9 Å². The summed E-state index contributed by atoms with van der Waals surface area (Å²) >= 11 is 0. The minimum absolute atomic E-state index is 0.0619. The van der Waals surface area contributed by atoms with Crippen molar-refractivity contribution in [1.29, 1.82) is 0 Å². The Morgan fingerprint density at radius 2 is 1.79 bits per heavy atom. The molecule has 0 atom stereocenters. The molecule has 2 aromatic carbocycles. The van der Waals surface area contributed by atoms with E-state index in [0.29, 0.717) is 41.3 Å². The van der Waals surface area contributed by atoms with Gasteiger partial charge in [-0.05, 0) is 70.7 Å². The highest BCUT2D eigenvalue weighted by atomic mass is 32.2. The van der Waals surface area contributed by atoms with Crippen LogP contribution in [0.4, 0.5) is 5.82 Å². The molecule has 2 aromatic heterocycles. The fourth-order valence-electron chi connectivity index (χ4n) is 5.47.